The predicted molar refractivity (Wildman–Crippen MR) is 103 cm³/mol. The highest BCUT2D eigenvalue weighted by Crippen LogP contribution is 2.22. The number of sulfonamides is 1. The SMILES string of the molecule is CC(=O)c1cccc(NC(=O)CCN(c2ccccc2C#N)S(C)(=O)=O)c1. The molecule has 0 saturated heterocycles. The van der Waals surface area contributed by atoms with Crippen LogP contribution >= 0.6 is 0 Å². The zero-order valence-corrected chi connectivity index (χ0v) is 15.8. The number of ketones is 1. The second-order valence-electron chi connectivity index (χ2n) is 5.90. The number of carbonyl (C=O) groups excluding carboxylic acids is 2. The first-order valence-corrected chi connectivity index (χ1v) is 9.95. The molecule has 2 aromatic rings. The Kier molecular flexibility index (Phi) is 6.32. The molecule has 1 N–H and O–H groups in total. The molecule has 0 aliphatic carbocycles. The van der Waals surface area contributed by atoms with Crippen molar-refractivity contribution in [2.24, 2.45) is 0 Å². The van der Waals surface area contributed by atoms with Crippen molar-refractivity contribution in [2.45, 2.75) is 13.3 Å². The van der Waals surface area contributed by atoms with Gasteiger partial charge in [0.15, 0.2) is 5.78 Å². The zero-order valence-electron chi connectivity index (χ0n) is 15.0. The van der Waals surface area contributed by atoms with Crippen LogP contribution in [-0.2, 0) is 14.8 Å². The van der Waals surface area contributed by atoms with Gasteiger partial charge in [0.05, 0.1) is 17.5 Å². The Morgan fingerprint density at radius 1 is 1.15 bits per heavy atom. The van der Waals surface area contributed by atoms with Gasteiger partial charge >= 0.3 is 0 Å². The average molecular weight is 385 g/mol. The van der Waals surface area contributed by atoms with Crippen molar-refractivity contribution in [3.63, 3.8) is 0 Å². The summed E-state index contributed by atoms with van der Waals surface area (Å²) in [6.07, 6.45) is 0.909. The van der Waals surface area contributed by atoms with Gasteiger partial charge in [-0.05, 0) is 31.2 Å². The first-order valence-electron chi connectivity index (χ1n) is 8.10. The number of Topliss-reactive ketones (excluding diaryl/α,β-unsaturated/α-hetero) is 1. The number of nitrogens with zero attached hydrogens (tertiary/aromatic N) is 2. The summed E-state index contributed by atoms with van der Waals surface area (Å²) in [5.41, 5.74) is 1.36. The van der Waals surface area contributed by atoms with E-state index in [1.54, 1.807) is 36.4 Å². The van der Waals surface area contributed by atoms with Crippen LogP contribution in [0, 0.1) is 11.3 Å². The third-order valence-corrected chi connectivity index (χ3v) is 4.97. The third kappa shape index (κ3) is 5.39. The maximum atomic E-state index is 12.2. The minimum Gasteiger partial charge on any atom is -0.326 e. The summed E-state index contributed by atoms with van der Waals surface area (Å²) in [6.45, 7) is 1.31. The number of anilines is 2. The number of carbonyl (C=O) groups is 2. The number of nitriles is 1. The molecule has 2 rings (SSSR count). The summed E-state index contributed by atoms with van der Waals surface area (Å²) in [7, 11) is -3.68. The highest BCUT2D eigenvalue weighted by Gasteiger charge is 2.21. The van der Waals surface area contributed by atoms with Gasteiger partial charge in [0, 0.05) is 24.2 Å². The number of rotatable bonds is 7. The summed E-state index contributed by atoms with van der Waals surface area (Å²) >= 11 is 0. The van der Waals surface area contributed by atoms with Gasteiger partial charge in [0.2, 0.25) is 15.9 Å². The molecule has 0 atom stereocenters. The Morgan fingerprint density at radius 2 is 1.85 bits per heavy atom. The minimum atomic E-state index is -3.68. The van der Waals surface area contributed by atoms with Gasteiger partial charge < -0.3 is 5.32 Å². The summed E-state index contributed by atoms with van der Waals surface area (Å²) in [5.74, 6) is -0.527. The molecule has 0 heterocycles. The van der Waals surface area contributed by atoms with E-state index in [0.717, 1.165) is 10.6 Å². The van der Waals surface area contributed by atoms with E-state index in [1.165, 1.54) is 19.1 Å². The van der Waals surface area contributed by atoms with Crippen LogP contribution in [0.1, 0.15) is 29.3 Å². The van der Waals surface area contributed by atoms with Crippen molar-refractivity contribution >= 4 is 33.1 Å². The topological polar surface area (TPSA) is 107 Å². The lowest BCUT2D eigenvalue weighted by atomic mass is 10.1. The summed E-state index contributed by atoms with van der Waals surface area (Å²) in [5, 5.41) is 11.8. The molecule has 7 nitrogen and oxygen atoms in total. The van der Waals surface area contributed by atoms with Crippen LogP contribution < -0.4 is 9.62 Å². The second kappa shape index (κ2) is 8.47. The van der Waals surface area contributed by atoms with Crippen LogP contribution in [0.15, 0.2) is 48.5 Å². The van der Waals surface area contributed by atoms with Gasteiger partial charge in [0.25, 0.3) is 0 Å². The van der Waals surface area contributed by atoms with E-state index in [4.69, 9.17) is 0 Å². The molecule has 0 radical (unpaired) electrons. The fourth-order valence-electron chi connectivity index (χ4n) is 2.49. The van der Waals surface area contributed by atoms with Crippen LogP contribution in [0.2, 0.25) is 0 Å². The first-order chi connectivity index (χ1) is 12.7. The standard InChI is InChI=1S/C19H19N3O4S/c1-14(23)15-7-5-8-17(12-15)21-19(24)10-11-22(27(2,25)26)18-9-4-3-6-16(18)13-20/h3-9,12H,10-11H2,1-2H3,(H,21,24). The molecule has 1 amide bonds. The number of hydrogen-bond donors (Lipinski definition) is 1. The molecular weight excluding hydrogens is 366 g/mol. The highest BCUT2D eigenvalue weighted by molar-refractivity contribution is 7.92. The predicted octanol–water partition coefficient (Wildman–Crippen LogP) is 2.56. The molecule has 2 aromatic carbocycles. The second-order valence-corrected chi connectivity index (χ2v) is 7.81. The van der Waals surface area contributed by atoms with Crippen LogP contribution in [0.25, 0.3) is 0 Å². The maximum absolute atomic E-state index is 12.2. The quantitative estimate of drug-likeness (QED) is 0.737. The van der Waals surface area contributed by atoms with E-state index in [-0.39, 0.29) is 30.0 Å². The Labute approximate surface area is 158 Å². The van der Waals surface area contributed by atoms with E-state index >= 15 is 0 Å². The normalized spacial score (nSPS) is 10.7. The number of para-hydroxylation sites is 1. The van der Waals surface area contributed by atoms with Crippen LogP contribution in [-0.4, -0.2) is 32.9 Å². The van der Waals surface area contributed by atoms with Crippen LogP contribution in [0.5, 0.6) is 0 Å². The molecule has 27 heavy (non-hydrogen) atoms. The fourth-order valence-corrected chi connectivity index (χ4v) is 3.43. The lowest BCUT2D eigenvalue weighted by Crippen LogP contribution is -2.33. The molecule has 0 bridgehead atoms. The summed E-state index contributed by atoms with van der Waals surface area (Å²) in [4.78, 5) is 23.6. The zero-order chi connectivity index (χ0) is 20.0. The van der Waals surface area contributed by atoms with Crippen molar-refractivity contribution < 1.29 is 18.0 Å². The van der Waals surface area contributed by atoms with Gasteiger partial charge in [-0.3, -0.25) is 13.9 Å². The first kappa shape index (κ1) is 20.1. The molecule has 140 valence electrons. The molecular formula is C19H19N3O4S. The summed E-state index contributed by atoms with van der Waals surface area (Å²) in [6, 6.07) is 14.7. The van der Waals surface area contributed by atoms with Crippen LogP contribution in [0.4, 0.5) is 11.4 Å². The lowest BCUT2D eigenvalue weighted by Gasteiger charge is -2.23. The molecule has 0 unspecified atom stereocenters. The largest absolute Gasteiger partial charge is 0.326 e. The van der Waals surface area contributed by atoms with Gasteiger partial charge in [-0.2, -0.15) is 5.26 Å². The summed E-state index contributed by atoms with van der Waals surface area (Å²) < 4.78 is 25.3. The molecule has 0 fully saturated rings. The average Bonchev–Trinajstić information content (AvgIpc) is 2.61. The maximum Gasteiger partial charge on any atom is 0.232 e. The Balaban J connectivity index is 2.14. The van der Waals surface area contributed by atoms with Crippen molar-refractivity contribution in [1.29, 1.82) is 5.26 Å². The Bertz CT molecular complexity index is 1010. The number of benzene rings is 2. The van der Waals surface area contributed by atoms with Crippen molar-refractivity contribution in [3.05, 3.63) is 59.7 Å². The lowest BCUT2D eigenvalue weighted by molar-refractivity contribution is -0.116. The molecule has 0 aromatic heterocycles. The van der Waals surface area contributed by atoms with E-state index in [1.807, 2.05) is 6.07 Å². The molecule has 8 heteroatoms. The smallest absolute Gasteiger partial charge is 0.232 e. The van der Waals surface area contributed by atoms with Crippen molar-refractivity contribution in [3.8, 4) is 6.07 Å². The fraction of sp³-hybridized carbons (Fsp3) is 0.211. The Hall–Kier alpha value is -3.18. The number of hydrogen-bond acceptors (Lipinski definition) is 5. The van der Waals surface area contributed by atoms with Gasteiger partial charge in [-0.25, -0.2) is 8.42 Å². The van der Waals surface area contributed by atoms with Gasteiger partial charge in [0.1, 0.15) is 6.07 Å². The minimum absolute atomic E-state index is 0.114. The molecule has 0 aliphatic rings. The molecule has 0 saturated carbocycles. The number of amides is 1. The van der Waals surface area contributed by atoms with Gasteiger partial charge in [-0.1, -0.05) is 24.3 Å². The van der Waals surface area contributed by atoms with E-state index in [0.29, 0.717) is 11.3 Å². The van der Waals surface area contributed by atoms with Crippen molar-refractivity contribution in [1.82, 2.24) is 0 Å². The van der Waals surface area contributed by atoms with Crippen LogP contribution in [0.3, 0.4) is 0 Å². The molecule has 0 aliphatic heterocycles. The van der Waals surface area contributed by atoms with Crippen molar-refractivity contribution in [2.75, 3.05) is 22.4 Å². The monoisotopic (exact) mass is 385 g/mol. The van der Waals surface area contributed by atoms with E-state index < -0.39 is 15.9 Å². The number of nitrogens with one attached hydrogen (secondary N) is 1. The Morgan fingerprint density at radius 3 is 2.48 bits per heavy atom. The van der Waals surface area contributed by atoms with Gasteiger partial charge in [-0.15, -0.1) is 0 Å². The third-order valence-electron chi connectivity index (χ3n) is 3.79. The van der Waals surface area contributed by atoms with E-state index in [9.17, 15) is 23.3 Å². The highest BCUT2D eigenvalue weighted by atomic mass is 32.2. The molecule has 0 spiro atoms. The van der Waals surface area contributed by atoms with E-state index in [2.05, 4.69) is 5.32 Å².